The number of nitrogens with one attached hydrogen (secondary N) is 2. The standard InChI is InChI=1S/C21H15Cl2N.C5H11NO/c1-13-9-17-11-15(5-8-21(17)24-13)14-3-2-4-16(10-14)19-7-6-18(22)12-20(19)23;7-4-5-2-1-3-6-5/h2-12,24H,1H3;5-7H,1-4H2. The van der Waals surface area contributed by atoms with E-state index in [2.05, 4.69) is 65.8 Å². The lowest BCUT2D eigenvalue weighted by Gasteiger charge is -2.08. The number of halogens is 2. The van der Waals surface area contributed by atoms with Crippen LogP contribution >= 0.6 is 23.2 Å². The van der Waals surface area contributed by atoms with Crippen LogP contribution in [-0.2, 0) is 0 Å². The van der Waals surface area contributed by atoms with Crippen molar-refractivity contribution in [1.29, 1.82) is 0 Å². The van der Waals surface area contributed by atoms with E-state index in [9.17, 15) is 0 Å². The molecule has 0 spiro atoms. The Labute approximate surface area is 193 Å². The van der Waals surface area contributed by atoms with Crippen molar-refractivity contribution in [2.24, 2.45) is 0 Å². The predicted molar refractivity (Wildman–Crippen MR) is 132 cm³/mol. The fourth-order valence-corrected chi connectivity index (χ4v) is 4.48. The number of aromatic amines is 1. The molecule has 3 aromatic carbocycles. The first-order valence-corrected chi connectivity index (χ1v) is 11.3. The molecule has 3 N–H and O–H groups in total. The molecular weight excluding hydrogens is 427 g/mol. The third-order valence-corrected chi connectivity index (χ3v) is 6.12. The summed E-state index contributed by atoms with van der Waals surface area (Å²) in [5, 5.41) is 14.2. The van der Waals surface area contributed by atoms with Crippen molar-refractivity contribution in [3.63, 3.8) is 0 Å². The van der Waals surface area contributed by atoms with Crippen LogP contribution in [0.5, 0.6) is 0 Å². The van der Waals surface area contributed by atoms with E-state index < -0.39 is 0 Å². The Balaban J connectivity index is 0.000000282. The second kappa shape index (κ2) is 9.88. The molecule has 31 heavy (non-hydrogen) atoms. The largest absolute Gasteiger partial charge is 0.395 e. The number of H-pyrrole nitrogens is 1. The van der Waals surface area contributed by atoms with Crippen LogP contribution in [0, 0.1) is 6.92 Å². The van der Waals surface area contributed by atoms with Crippen LogP contribution < -0.4 is 5.32 Å². The number of aliphatic hydroxyl groups is 1. The molecule has 1 aliphatic heterocycles. The Kier molecular flexibility index (Phi) is 6.99. The zero-order valence-corrected chi connectivity index (χ0v) is 19.0. The fourth-order valence-electron chi connectivity index (χ4n) is 3.96. The first kappa shape index (κ1) is 21.9. The van der Waals surface area contributed by atoms with Crippen LogP contribution in [0.2, 0.25) is 10.0 Å². The second-order valence-electron chi connectivity index (χ2n) is 7.94. The molecule has 2 heterocycles. The van der Waals surface area contributed by atoms with Crippen molar-refractivity contribution in [3.05, 3.63) is 82.5 Å². The summed E-state index contributed by atoms with van der Waals surface area (Å²) >= 11 is 12.4. The van der Waals surface area contributed by atoms with Crippen molar-refractivity contribution >= 4 is 34.1 Å². The van der Waals surface area contributed by atoms with Crippen LogP contribution in [0.4, 0.5) is 0 Å². The quantitative estimate of drug-likeness (QED) is 0.318. The molecule has 1 fully saturated rings. The van der Waals surface area contributed by atoms with Crippen LogP contribution in [0.15, 0.2) is 66.7 Å². The van der Waals surface area contributed by atoms with E-state index in [1.807, 2.05) is 12.1 Å². The lowest BCUT2D eigenvalue weighted by Crippen LogP contribution is -2.24. The van der Waals surface area contributed by atoms with Crippen LogP contribution in [-0.4, -0.2) is 29.3 Å². The molecule has 5 heteroatoms. The number of hydrogen-bond acceptors (Lipinski definition) is 2. The highest BCUT2D eigenvalue weighted by Gasteiger charge is 2.11. The normalized spacial score (nSPS) is 15.7. The van der Waals surface area contributed by atoms with E-state index in [1.54, 1.807) is 6.07 Å². The first-order chi connectivity index (χ1) is 15.0. The van der Waals surface area contributed by atoms with Gasteiger partial charge < -0.3 is 15.4 Å². The first-order valence-electron chi connectivity index (χ1n) is 10.5. The Morgan fingerprint density at radius 2 is 1.74 bits per heavy atom. The summed E-state index contributed by atoms with van der Waals surface area (Å²) in [4.78, 5) is 3.36. The Morgan fingerprint density at radius 1 is 0.935 bits per heavy atom. The number of aromatic nitrogens is 1. The molecule has 1 aromatic heterocycles. The fraction of sp³-hybridized carbons (Fsp3) is 0.231. The molecule has 160 valence electrons. The minimum atomic E-state index is 0.306. The second-order valence-corrected chi connectivity index (χ2v) is 8.78. The average molecular weight is 453 g/mol. The highest BCUT2D eigenvalue weighted by molar-refractivity contribution is 6.36. The van der Waals surface area contributed by atoms with E-state index in [-0.39, 0.29) is 0 Å². The topological polar surface area (TPSA) is 48.0 Å². The molecule has 0 saturated carbocycles. The maximum Gasteiger partial charge on any atom is 0.0584 e. The zero-order chi connectivity index (χ0) is 21.8. The van der Waals surface area contributed by atoms with Crippen molar-refractivity contribution in [2.45, 2.75) is 25.8 Å². The van der Waals surface area contributed by atoms with Crippen LogP contribution in [0.1, 0.15) is 18.5 Å². The Bertz CT molecular complexity index is 1180. The minimum Gasteiger partial charge on any atom is -0.395 e. The zero-order valence-electron chi connectivity index (χ0n) is 17.5. The molecule has 1 aliphatic rings. The lowest BCUT2D eigenvalue weighted by molar-refractivity contribution is 0.255. The van der Waals surface area contributed by atoms with Crippen molar-refractivity contribution in [3.8, 4) is 22.3 Å². The molecule has 0 aliphatic carbocycles. The smallest absolute Gasteiger partial charge is 0.0584 e. The average Bonchev–Trinajstić information content (AvgIpc) is 3.42. The van der Waals surface area contributed by atoms with Gasteiger partial charge in [-0.1, -0.05) is 53.5 Å². The molecule has 4 aromatic rings. The van der Waals surface area contributed by atoms with Crippen molar-refractivity contribution in [2.75, 3.05) is 13.2 Å². The number of benzene rings is 3. The van der Waals surface area contributed by atoms with Crippen molar-refractivity contribution < 1.29 is 5.11 Å². The summed E-state index contributed by atoms with van der Waals surface area (Å²) in [6.45, 7) is 3.47. The molecule has 0 amide bonds. The predicted octanol–water partition coefficient (Wildman–Crippen LogP) is 6.85. The van der Waals surface area contributed by atoms with Gasteiger partial charge in [0, 0.05) is 38.2 Å². The summed E-state index contributed by atoms with van der Waals surface area (Å²) in [6.07, 6.45) is 2.38. The highest BCUT2D eigenvalue weighted by atomic mass is 35.5. The van der Waals surface area contributed by atoms with Gasteiger partial charge in [0.05, 0.1) is 6.61 Å². The molecule has 1 saturated heterocycles. The maximum atomic E-state index is 8.50. The molecule has 0 bridgehead atoms. The van der Waals surface area contributed by atoms with Gasteiger partial charge in [0.1, 0.15) is 0 Å². The van der Waals surface area contributed by atoms with Gasteiger partial charge in [0.25, 0.3) is 0 Å². The summed E-state index contributed by atoms with van der Waals surface area (Å²) in [5.74, 6) is 0. The summed E-state index contributed by atoms with van der Waals surface area (Å²) in [5.41, 5.74) is 6.76. The lowest BCUT2D eigenvalue weighted by atomic mass is 9.98. The number of aryl methyl sites for hydroxylation is 1. The third kappa shape index (κ3) is 5.31. The maximum absolute atomic E-state index is 8.50. The number of rotatable bonds is 3. The Hall–Kier alpha value is -2.30. The number of hydrogen-bond donors (Lipinski definition) is 3. The van der Waals surface area contributed by atoms with Gasteiger partial charge in [0.15, 0.2) is 0 Å². The molecule has 0 radical (unpaired) electrons. The van der Waals surface area contributed by atoms with E-state index in [0.29, 0.717) is 22.7 Å². The van der Waals surface area contributed by atoms with Crippen LogP contribution in [0.3, 0.4) is 0 Å². The van der Waals surface area contributed by atoms with Gasteiger partial charge in [-0.05, 0) is 79.4 Å². The molecule has 3 nitrogen and oxygen atoms in total. The Morgan fingerprint density at radius 3 is 2.45 bits per heavy atom. The summed E-state index contributed by atoms with van der Waals surface area (Å²) < 4.78 is 0. The molecular formula is C26H26Cl2N2O. The minimum absolute atomic E-state index is 0.306. The van der Waals surface area contributed by atoms with Crippen molar-refractivity contribution in [1.82, 2.24) is 10.3 Å². The van der Waals surface area contributed by atoms with Gasteiger partial charge in [0.2, 0.25) is 0 Å². The highest BCUT2D eigenvalue weighted by Crippen LogP contribution is 2.33. The van der Waals surface area contributed by atoms with E-state index in [0.717, 1.165) is 29.6 Å². The van der Waals surface area contributed by atoms with E-state index in [4.69, 9.17) is 28.3 Å². The monoisotopic (exact) mass is 452 g/mol. The number of fused-ring (bicyclic) bond motifs is 1. The third-order valence-electron chi connectivity index (χ3n) is 5.58. The van der Waals surface area contributed by atoms with Gasteiger partial charge in [-0.3, -0.25) is 0 Å². The van der Waals surface area contributed by atoms with Gasteiger partial charge >= 0.3 is 0 Å². The van der Waals surface area contributed by atoms with Gasteiger partial charge in [-0.25, -0.2) is 0 Å². The van der Waals surface area contributed by atoms with Gasteiger partial charge in [-0.15, -0.1) is 0 Å². The SMILES string of the molecule is Cc1cc2cc(-c3cccc(-c4ccc(Cl)cc4Cl)c3)ccc2[nH]1.OCC1CCCN1. The number of aliphatic hydroxyl groups excluding tert-OH is 1. The molecule has 5 rings (SSSR count). The summed E-state index contributed by atoms with van der Waals surface area (Å²) in [7, 11) is 0. The van der Waals surface area contributed by atoms with E-state index in [1.165, 1.54) is 28.6 Å². The van der Waals surface area contributed by atoms with Gasteiger partial charge in [-0.2, -0.15) is 0 Å². The van der Waals surface area contributed by atoms with Crippen LogP contribution in [0.25, 0.3) is 33.2 Å². The molecule has 1 atom stereocenters. The molecule has 1 unspecified atom stereocenters. The summed E-state index contributed by atoms with van der Waals surface area (Å²) in [6, 6.07) is 23.1. The van der Waals surface area contributed by atoms with E-state index >= 15 is 0 Å².